The Hall–Kier alpha value is -3.46. The second kappa shape index (κ2) is 7.17. The maximum atomic E-state index is 13.2. The van der Waals surface area contributed by atoms with Crippen molar-refractivity contribution in [1.29, 1.82) is 0 Å². The molecular formula is C20H19N5O4. The molecule has 1 amide bonds. The number of hydrogen-bond donors (Lipinski definition) is 1. The number of nitrogens with one attached hydrogen (secondary N) is 1. The molecule has 9 heteroatoms. The van der Waals surface area contributed by atoms with Gasteiger partial charge in [-0.25, -0.2) is 9.50 Å². The third-order valence-electron chi connectivity index (χ3n) is 5.06. The van der Waals surface area contributed by atoms with Crippen molar-refractivity contribution in [2.75, 3.05) is 13.2 Å². The monoisotopic (exact) mass is 393 g/mol. The van der Waals surface area contributed by atoms with Crippen molar-refractivity contribution < 1.29 is 13.9 Å². The highest BCUT2D eigenvalue weighted by Gasteiger charge is 2.19. The fraction of sp³-hybridized carbons (Fsp3) is 0.300. The van der Waals surface area contributed by atoms with Gasteiger partial charge >= 0.3 is 0 Å². The Labute approximate surface area is 164 Å². The maximum Gasteiger partial charge on any atom is 0.277 e. The number of pyridine rings is 1. The molecule has 0 saturated carbocycles. The minimum atomic E-state index is -0.317. The van der Waals surface area contributed by atoms with Crippen LogP contribution in [0.15, 0.2) is 52.0 Å². The van der Waals surface area contributed by atoms with Crippen LogP contribution in [0.4, 0.5) is 0 Å². The fourth-order valence-electron chi connectivity index (χ4n) is 3.64. The van der Waals surface area contributed by atoms with Crippen molar-refractivity contribution in [2.24, 2.45) is 0 Å². The Bertz CT molecular complexity index is 1240. The van der Waals surface area contributed by atoms with Gasteiger partial charge in [-0.2, -0.15) is 5.10 Å². The van der Waals surface area contributed by atoms with Gasteiger partial charge in [0.2, 0.25) is 5.91 Å². The number of amides is 1. The summed E-state index contributed by atoms with van der Waals surface area (Å²) in [6, 6.07) is 8.66. The Kier molecular flexibility index (Phi) is 4.36. The van der Waals surface area contributed by atoms with E-state index < -0.39 is 0 Å². The number of aromatic nitrogens is 4. The minimum Gasteiger partial charge on any atom is -0.463 e. The van der Waals surface area contributed by atoms with Crippen LogP contribution in [0.25, 0.3) is 28.1 Å². The summed E-state index contributed by atoms with van der Waals surface area (Å²) in [5.41, 5.74) is 1.57. The van der Waals surface area contributed by atoms with E-state index >= 15 is 0 Å². The van der Waals surface area contributed by atoms with Crippen molar-refractivity contribution in [1.82, 2.24) is 24.5 Å². The molecule has 1 aliphatic rings. The van der Waals surface area contributed by atoms with Gasteiger partial charge in [0.05, 0.1) is 17.9 Å². The summed E-state index contributed by atoms with van der Waals surface area (Å²) < 4.78 is 13.8. The topological polar surface area (TPSA) is 104 Å². The molecule has 29 heavy (non-hydrogen) atoms. The van der Waals surface area contributed by atoms with Gasteiger partial charge in [0.25, 0.3) is 5.56 Å². The number of carbonyl (C=O) groups is 1. The van der Waals surface area contributed by atoms with Crippen LogP contribution in [0.5, 0.6) is 0 Å². The van der Waals surface area contributed by atoms with Gasteiger partial charge in [0.1, 0.15) is 17.8 Å². The number of furan rings is 1. The Morgan fingerprint density at radius 1 is 1.28 bits per heavy atom. The Morgan fingerprint density at radius 2 is 2.21 bits per heavy atom. The maximum absolute atomic E-state index is 13.2. The average molecular weight is 393 g/mol. The number of rotatable bonds is 5. The molecule has 0 spiro atoms. The second-order valence-electron chi connectivity index (χ2n) is 6.98. The van der Waals surface area contributed by atoms with E-state index in [1.165, 1.54) is 9.08 Å². The highest BCUT2D eigenvalue weighted by molar-refractivity contribution is 5.81. The van der Waals surface area contributed by atoms with Crippen molar-refractivity contribution in [2.45, 2.75) is 25.5 Å². The van der Waals surface area contributed by atoms with E-state index in [1.807, 2.05) is 0 Å². The molecule has 1 saturated heterocycles. The van der Waals surface area contributed by atoms with E-state index in [1.54, 1.807) is 42.8 Å². The van der Waals surface area contributed by atoms with Gasteiger partial charge in [0, 0.05) is 25.4 Å². The summed E-state index contributed by atoms with van der Waals surface area (Å²) in [5, 5.41) is 7.34. The molecule has 0 aliphatic carbocycles. The van der Waals surface area contributed by atoms with Gasteiger partial charge in [-0.1, -0.05) is 0 Å². The smallest absolute Gasteiger partial charge is 0.277 e. The minimum absolute atomic E-state index is 0.0437. The van der Waals surface area contributed by atoms with Crippen LogP contribution in [-0.4, -0.2) is 44.3 Å². The van der Waals surface area contributed by atoms with E-state index in [9.17, 15) is 9.59 Å². The van der Waals surface area contributed by atoms with Crippen LogP contribution in [0.1, 0.15) is 12.8 Å². The molecule has 0 unspecified atom stereocenters. The predicted octanol–water partition coefficient (Wildman–Crippen LogP) is 1.60. The summed E-state index contributed by atoms with van der Waals surface area (Å²) in [5.74, 6) is 0.306. The SMILES string of the molecule is O=C(Cn1c(=O)c2cc(-c3ccco3)nn2c2ncccc21)NC[C@H]1CCCO1. The molecule has 1 fully saturated rings. The number of hydrogen-bond acceptors (Lipinski definition) is 6. The van der Waals surface area contributed by atoms with Crippen molar-refractivity contribution >= 4 is 22.6 Å². The lowest BCUT2D eigenvalue weighted by atomic mass is 10.2. The summed E-state index contributed by atoms with van der Waals surface area (Å²) >= 11 is 0. The van der Waals surface area contributed by atoms with E-state index in [-0.39, 0.29) is 24.1 Å². The molecule has 0 radical (unpaired) electrons. The molecular weight excluding hydrogens is 374 g/mol. The van der Waals surface area contributed by atoms with Gasteiger partial charge in [-0.05, 0) is 37.1 Å². The van der Waals surface area contributed by atoms with Crippen molar-refractivity contribution in [3.05, 3.63) is 53.1 Å². The first-order valence-corrected chi connectivity index (χ1v) is 9.50. The first-order valence-electron chi connectivity index (χ1n) is 9.50. The lowest BCUT2D eigenvalue weighted by Gasteiger charge is -2.13. The fourth-order valence-corrected chi connectivity index (χ4v) is 3.64. The lowest BCUT2D eigenvalue weighted by molar-refractivity contribution is -0.122. The van der Waals surface area contributed by atoms with E-state index in [4.69, 9.17) is 9.15 Å². The molecule has 1 N–H and O–H groups in total. The van der Waals surface area contributed by atoms with Crippen LogP contribution in [0.2, 0.25) is 0 Å². The van der Waals surface area contributed by atoms with E-state index in [2.05, 4.69) is 15.4 Å². The average Bonchev–Trinajstić information content (AvgIpc) is 3.50. The van der Waals surface area contributed by atoms with Gasteiger partial charge in [-0.3, -0.25) is 14.2 Å². The molecule has 5 heterocycles. The van der Waals surface area contributed by atoms with Crippen molar-refractivity contribution in [3.63, 3.8) is 0 Å². The highest BCUT2D eigenvalue weighted by Crippen LogP contribution is 2.21. The Balaban J connectivity index is 1.54. The third-order valence-corrected chi connectivity index (χ3v) is 5.06. The van der Waals surface area contributed by atoms with Crippen LogP contribution >= 0.6 is 0 Å². The quantitative estimate of drug-likeness (QED) is 0.552. The van der Waals surface area contributed by atoms with Gasteiger partial charge < -0.3 is 14.5 Å². The number of nitrogens with zero attached hydrogens (tertiary/aromatic N) is 4. The Morgan fingerprint density at radius 3 is 3.00 bits per heavy atom. The number of fused-ring (bicyclic) bond motifs is 3. The zero-order chi connectivity index (χ0) is 19.8. The number of ether oxygens (including phenoxy) is 1. The first-order chi connectivity index (χ1) is 14.2. The molecule has 5 rings (SSSR count). The molecule has 148 valence electrons. The third kappa shape index (κ3) is 3.19. The zero-order valence-corrected chi connectivity index (χ0v) is 15.6. The second-order valence-corrected chi connectivity index (χ2v) is 6.98. The normalized spacial score (nSPS) is 16.6. The first kappa shape index (κ1) is 17.6. The standard InChI is InChI=1S/C20H19N5O4/c26-18(22-11-13-4-2-8-28-13)12-24-15-5-1-7-21-19(15)25-16(20(24)27)10-14(23-25)17-6-3-9-29-17/h1,3,5-7,9-10,13H,2,4,8,11-12H2,(H,22,26)/t13-/m1/s1. The molecule has 0 bridgehead atoms. The zero-order valence-electron chi connectivity index (χ0n) is 15.6. The van der Waals surface area contributed by atoms with Gasteiger partial charge in [0.15, 0.2) is 11.4 Å². The van der Waals surface area contributed by atoms with Crippen LogP contribution < -0.4 is 10.9 Å². The summed E-state index contributed by atoms with van der Waals surface area (Å²) in [6.45, 7) is 1.07. The largest absolute Gasteiger partial charge is 0.463 e. The predicted molar refractivity (Wildman–Crippen MR) is 104 cm³/mol. The van der Waals surface area contributed by atoms with Crippen LogP contribution in [0.3, 0.4) is 0 Å². The summed E-state index contributed by atoms with van der Waals surface area (Å²) in [7, 11) is 0. The molecule has 1 aliphatic heterocycles. The molecule has 0 aromatic carbocycles. The highest BCUT2D eigenvalue weighted by atomic mass is 16.5. The van der Waals surface area contributed by atoms with Crippen molar-refractivity contribution in [3.8, 4) is 11.5 Å². The number of carbonyl (C=O) groups excluding carboxylic acids is 1. The summed E-state index contributed by atoms with van der Waals surface area (Å²) in [4.78, 5) is 30.0. The van der Waals surface area contributed by atoms with E-state index in [0.29, 0.717) is 34.7 Å². The van der Waals surface area contributed by atoms with Gasteiger partial charge in [-0.15, -0.1) is 0 Å². The van der Waals surface area contributed by atoms with Crippen LogP contribution in [0, 0.1) is 0 Å². The van der Waals surface area contributed by atoms with E-state index in [0.717, 1.165) is 19.4 Å². The molecule has 9 nitrogen and oxygen atoms in total. The lowest BCUT2D eigenvalue weighted by Crippen LogP contribution is -2.37. The molecule has 4 aromatic rings. The van der Waals surface area contributed by atoms with Crippen LogP contribution in [-0.2, 0) is 16.1 Å². The molecule has 4 aromatic heterocycles. The molecule has 1 atom stereocenters. The summed E-state index contributed by atoms with van der Waals surface area (Å²) in [6.07, 6.45) is 5.16.